The van der Waals surface area contributed by atoms with E-state index in [4.69, 9.17) is 4.98 Å². The van der Waals surface area contributed by atoms with Crippen LogP contribution in [0.4, 0.5) is 5.82 Å². The molecule has 0 fully saturated rings. The van der Waals surface area contributed by atoms with Crippen molar-refractivity contribution in [3.05, 3.63) is 23.4 Å². The highest BCUT2D eigenvalue weighted by Gasteiger charge is 2.18. The molecule has 1 aromatic rings. The van der Waals surface area contributed by atoms with E-state index >= 15 is 0 Å². The van der Waals surface area contributed by atoms with Crippen LogP contribution in [0, 0.1) is 0 Å². The monoisotopic (exact) mass is 277 g/mol. The Kier molecular flexibility index (Phi) is 5.20. The smallest absolute Gasteiger partial charge is 0.126 e. The molecule has 0 spiro atoms. The van der Waals surface area contributed by atoms with E-state index in [1.54, 1.807) is 0 Å². The fourth-order valence-corrected chi connectivity index (χ4v) is 1.81. The molecular weight excluding hydrogens is 246 g/mol. The molecule has 3 heteroatoms. The summed E-state index contributed by atoms with van der Waals surface area (Å²) in [6.45, 7) is 18.3. The second-order valence-electron chi connectivity index (χ2n) is 7.90. The minimum absolute atomic E-state index is 0.0607. The molecular formula is C17H31N3. The standard InChI is InChI=1S/C17H31N3/c1-12(2)19-15-10-13(11-18-17(6,7)8)9-14(20-15)16(3,4)5/h9-10,12,18H,11H2,1-8H3,(H,19,20). The van der Waals surface area contributed by atoms with Crippen LogP contribution in [0.25, 0.3) is 0 Å². The number of rotatable bonds is 4. The van der Waals surface area contributed by atoms with E-state index in [0.29, 0.717) is 6.04 Å². The molecule has 114 valence electrons. The topological polar surface area (TPSA) is 37.0 Å². The van der Waals surface area contributed by atoms with Gasteiger partial charge in [0.15, 0.2) is 0 Å². The zero-order chi connectivity index (χ0) is 15.6. The molecule has 0 bridgehead atoms. The fourth-order valence-electron chi connectivity index (χ4n) is 1.81. The van der Waals surface area contributed by atoms with Crippen molar-refractivity contribution in [3.8, 4) is 0 Å². The maximum Gasteiger partial charge on any atom is 0.126 e. The average molecular weight is 277 g/mol. The molecule has 0 unspecified atom stereocenters. The van der Waals surface area contributed by atoms with Crippen LogP contribution in [-0.2, 0) is 12.0 Å². The number of aromatic nitrogens is 1. The van der Waals surface area contributed by atoms with Crippen LogP contribution >= 0.6 is 0 Å². The molecule has 1 rings (SSSR count). The Labute approximate surface area is 124 Å². The summed E-state index contributed by atoms with van der Waals surface area (Å²) in [6.07, 6.45) is 0. The van der Waals surface area contributed by atoms with Gasteiger partial charge >= 0.3 is 0 Å². The normalized spacial score (nSPS) is 12.8. The number of nitrogens with one attached hydrogen (secondary N) is 2. The van der Waals surface area contributed by atoms with Gasteiger partial charge in [0.25, 0.3) is 0 Å². The summed E-state index contributed by atoms with van der Waals surface area (Å²) in [5, 5.41) is 6.96. The van der Waals surface area contributed by atoms with E-state index in [9.17, 15) is 0 Å². The Morgan fingerprint density at radius 2 is 1.65 bits per heavy atom. The molecule has 20 heavy (non-hydrogen) atoms. The van der Waals surface area contributed by atoms with Gasteiger partial charge in [-0.15, -0.1) is 0 Å². The number of anilines is 1. The van der Waals surface area contributed by atoms with Crippen LogP contribution in [0.15, 0.2) is 12.1 Å². The quantitative estimate of drug-likeness (QED) is 0.870. The summed E-state index contributed by atoms with van der Waals surface area (Å²) in [7, 11) is 0. The molecule has 0 aliphatic carbocycles. The predicted molar refractivity (Wildman–Crippen MR) is 88.3 cm³/mol. The van der Waals surface area contributed by atoms with E-state index in [1.165, 1.54) is 5.56 Å². The minimum atomic E-state index is 0.0607. The van der Waals surface area contributed by atoms with Crippen molar-refractivity contribution in [1.29, 1.82) is 0 Å². The van der Waals surface area contributed by atoms with Crippen LogP contribution in [0.3, 0.4) is 0 Å². The van der Waals surface area contributed by atoms with Gasteiger partial charge in [0.1, 0.15) is 5.82 Å². The SMILES string of the molecule is CC(C)Nc1cc(CNC(C)(C)C)cc(C(C)(C)C)n1. The lowest BCUT2D eigenvalue weighted by Crippen LogP contribution is -2.35. The first-order valence-electron chi connectivity index (χ1n) is 7.50. The van der Waals surface area contributed by atoms with Gasteiger partial charge in [-0.3, -0.25) is 0 Å². The molecule has 0 saturated heterocycles. The summed E-state index contributed by atoms with van der Waals surface area (Å²) < 4.78 is 0. The predicted octanol–water partition coefficient (Wildman–Crippen LogP) is 4.09. The van der Waals surface area contributed by atoms with Crippen LogP contribution in [-0.4, -0.2) is 16.6 Å². The van der Waals surface area contributed by atoms with Crippen molar-refractivity contribution in [2.24, 2.45) is 0 Å². The Hall–Kier alpha value is -1.09. The van der Waals surface area contributed by atoms with Gasteiger partial charge in [0.2, 0.25) is 0 Å². The van der Waals surface area contributed by atoms with Crippen molar-refractivity contribution in [2.75, 3.05) is 5.32 Å². The minimum Gasteiger partial charge on any atom is -0.368 e. The third-order valence-corrected chi connectivity index (χ3v) is 2.91. The molecule has 0 aliphatic heterocycles. The highest BCUT2D eigenvalue weighted by Crippen LogP contribution is 2.24. The largest absolute Gasteiger partial charge is 0.368 e. The van der Waals surface area contributed by atoms with Crippen molar-refractivity contribution in [1.82, 2.24) is 10.3 Å². The summed E-state index contributed by atoms with van der Waals surface area (Å²) >= 11 is 0. The second kappa shape index (κ2) is 6.13. The van der Waals surface area contributed by atoms with Gasteiger partial charge in [-0.25, -0.2) is 4.98 Å². The van der Waals surface area contributed by atoms with Crippen molar-refractivity contribution < 1.29 is 0 Å². The van der Waals surface area contributed by atoms with Crippen molar-refractivity contribution >= 4 is 5.82 Å². The lowest BCUT2D eigenvalue weighted by atomic mass is 9.90. The maximum absolute atomic E-state index is 4.75. The molecule has 0 saturated carbocycles. The van der Waals surface area contributed by atoms with Gasteiger partial charge in [0.05, 0.1) is 0 Å². The van der Waals surface area contributed by atoms with Crippen LogP contribution in [0.5, 0.6) is 0 Å². The van der Waals surface area contributed by atoms with E-state index in [0.717, 1.165) is 18.1 Å². The molecule has 2 N–H and O–H groups in total. The van der Waals surface area contributed by atoms with E-state index in [2.05, 4.69) is 78.2 Å². The molecule has 0 atom stereocenters. The van der Waals surface area contributed by atoms with Crippen molar-refractivity contribution in [2.45, 2.75) is 78.9 Å². The summed E-state index contributed by atoms with van der Waals surface area (Å²) in [5.74, 6) is 0.970. The lowest BCUT2D eigenvalue weighted by molar-refractivity contribution is 0.423. The molecule has 1 heterocycles. The zero-order valence-corrected chi connectivity index (χ0v) is 14.4. The zero-order valence-electron chi connectivity index (χ0n) is 14.4. The third-order valence-electron chi connectivity index (χ3n) is 2.91. The lowest BCUT2D eigenvalue weighted by Gasteiger charge is -2.24. The number of nitrogens with zero attached hydrogens (tertiary/aromatic N) is 1. The molecule has 0 amide bonds. The second-order valence-corrected chi connectivity index (χ2v) is 7.90. The number of hydrogen-bond acceptors (Lipinski definition) is 3. The first-order valence-corrected chi connectivity index (χ1v) is 7.50. The molecule has 3 nitrogen and oxygen atoms in total. The molecule has 0 aliphatic rings. The van der Waals surface area contributed by atoms with E-state index in [-0.39, 0.29) is 11.0 Å². The number of hydrogen-bond donors (Lipinski definition) is 2. The van der Waals surface area contributed by atoms with Crippen molar-refractivity contribution in [3.63, 3.8) is 0 Å². The fraction of sp³-hybridized carbons (Fsp3) is 0.706. The molecule has 0 aromatic carbocycles. The van der Waals surface area contributed by atoms with Gasteiger partial charge in [0, 0.05) is 29.2 Å². The molecule has 0 radical (unpaired) electrons. The molecule has 1 aromatic heterocycles. The maximum atomic E-state index is 4.75. The third kappa shape index (κ3) is 5.91. The van der Waals surface area contributed by atoms with Gasteiger partial charge in [-0.1, -0.05) is 20.8 Å². The Balaban J connectivity index is 3.04. The Morgan fingerprint density at radius 3 is 2.10 bits per heavy atom. The van der Waals surface area contributed by atoms with E-state index < -0.39 is 0 Å². The number of pyridine rings is 1. The Morgan fingerprint density at radius 1 is 1.05 bits per heavy atom. The first kappa shape index (κ1) is 17.0. The first-order chi connectivity index (χ1) is 8.97. The van der Waals surface area contributed by atoms with Gasteiger partial charge in [-0.05, 0) is 52.3 Å². The summed E-state index contributed by atoms with van der Waals surface area (Å²) in [5.41, 5.74) is 2.60. The van der Waals surface area contributed by atoms with Crippen LogP contribution < -0.4 is 10.6 Å². The van der Waals surface area contributed by atoms with Crippen LogP contribution in [0.2, 0.25) is 0 Å². The van der Waals surface area contributed by atoms with E-state index in [1.807, 2.05) is 0 Å². The van der Waals surface area contributed by atoms with Gasteiger partial charge in [-0.2, -0.15) is 0 Å². The van der Waals surface area contributed by atoms with Gasteiger partial charge < -0.3 is 10.6 Å². The average Bonchev–Trinajstić information content (AvgIpc) is 2.23. The highest BCUT2D eigenvalue weighted by atomic mass is 15.0. The Bertz CT molecular complexity index is 437. The van der Waals surface area contributed by atoms with Crippen LogP contribution in [0.1, 0.15) is 66.6 Å². The summed E-state index contributed by atoms with van der Waals surface area (Å²) in [6, 6.07) is 4.75. The highest BCUT2D eigenvalue weighted by molar-refractivity contribution is 5.41. The summed E-state index contributed by atoms with van der Waals surface area (Å²) in [4.78, 5) is 4.75.